The lowest BCUT2D eigenvalue weighted by Crippen LogP contribution is -2.37. The Morgan fingerprint density at radius 1 is 1.27 bits per heavy atom. The summed E-state index contributed by atoms with van der Waals surface area (Å²) in [6.45, 7) is 3.14. The molecule has 11 heavy (non-hydrogen) atoms. The van der Waals surface area contributed by atoms with Crippen molar-refractivity contribution >= 4 is 0 Å². The summed E-state index contributed by atoms with van der Waals surface area (Å²) in [5.74, 6) is -1.74. The van der Waals surface area contributed by atoms with Gasteiger partial charge in [0.2, 0.25) is 0 Å². The molecule has 5 heteroatoms. The number of rotatable bonds is 2. The third-order valence-electron chi connectivity index (χ3n) is 0.926. The predicted molar refractivity (Wildman–Crippen MR) is 32.9 cm³/mol. The van der Waals surface area contributed by atoms with E-state index >= 15 is 0 Å². The fourth-order valence-electron chi connectivity index (χ4n) is 0.499. The van der Waals surface area contributed by atoms with E-state index in [4.69, 9.17) is 5.11 Å². The summed E-state index contributed by atoms with van der Waals surface area (Å²) in [4.78, 5) is 0. The molecule has 0 spiro atoms. The second-order valence-corrected chi connectivity index (χ2v) is 2.75. The molecule has 1 unspecified atom stereocenters. The largest absolute Gasteiger partial charge is 0.414 e. The average Bonchev–Trinajstić information content (AvgIpc) is 1.56. The van der Waals surface area contributed by atoms with E-state index in [1.54, 1.807) is 0 Å². The molecule has 0 amide bonds. The number of ether oxygens (including phenoxy) is 1. The number of alkyl halides is 3. The first-order valence-electron chi connectivity index (χ1n) is 3.10. The molecule has 0 aliphatic heterocycles. The Kier molecular flexibility index (Phi) is 2.91. The number of aliphatic hydroxyl groups is 1. The first kappa shape index (κ1) is 10.7. The van der Waals surface area contributed by atoms with Gasteiger partial charge in [-0.2, -0.15) is 13.2 Å². The lowest BCUT2D eigenvalue weighted by Gasteiger charge is -2.25. The Bertz CT molecular complexity index is 125. The van der Waals surface area contributed by atoms with Crippen LogP contribution in [0.25, 0.3) is 0 Å². The Labute approximate surface area is 63.0 Å². The molecule has 0 aromatic carbocycles. The molecule has 2 nitrogen and oxygen atoms in total. The first-order chi connectivity index (χ1) is 4.63. The maximum Gasteiger partial charge on any atom is 0.414 e. The van der Waals surface area contributed by atoms with Gasteiger partial charge in [0, 0.05) is 0 Å². The van der Waals surface area contributed by atoms with Crippen LogP contribution in [0.4, 0.5) is 13.2 Å². The van der Waals surface area contributed by atoms with Crippen molar-refractivity contribution < 1.29 is 23.0 Å². The molecule has 1 atom stereocenters. The Morgan fingerprint density at radius 3 is 1.73 bits per heavy atom. The number of hydrogen-bond acceptors (Lipinski definition) is 2. The monoisotopic (exact) mass is 172 g/mol. The smallest absolute Gasteiger partial charge is 0.366 e. The van der Waals surface area contributed by atoms with Crippen LogP contribution < -0.4 is 0 Å². The molecule has 0 aliphatic carbocycles. The van der Waals surface area contributed by atoms with Crippen LogP contribution in [-0.4, -0.2) is 23.2 Å². The van der Waals surface area contributed by atoms with Gasteiger partial charge in [-0.25, -0.2) is 0 Å². The highest BCUT2D eigenvalue weighted by Gasteiger charge is 2.39. The minimum Gasteiger partial charge on any atom is -0.366 e. The SMILES string of the molecule is CC(OC(C)(C)O)C(F)(F)F. The molecule has 0 fully saturated rings. The van der Waals surface area contributed by atoms with Gasteiger partial charge >= 0.3 is 6.18 Å². The van der Waals surface area contributed by atoms with E-state index in [1.165, 1.54) is 0 Å². The van der Waals surface area contributed by atoms with Crippen LogP contribution in [0.5, 0.6) is 0 Å². The molecule has 0 aliphatic rings. The van der Waals surface area contributed by atoms with Crippen molar-refractivity contribution in [3.8, 4) is 0 Å². The molecule has 0 aromatic rings. The van der Waals surface area contributed by atoms with E-state index in [1.807, 2.05) is 0 Å². The van der Waals surface area contributed by atoms with Gasteiger partial charge in [-0.15, -0.1) is 0 Å². The molecule has 0 aromatic heterocycles. The predicted octanol–water partition coefficient (Wildman–Crippen LogP) is 1.68. The zero-order valence-corrected chi connectivity index (χ0v) is 6.57. The summed E-state index contributed by atoms with van der Waals surface area (Å²) < 4.78 is 39.5. The molecular weight excluding hydrogens is 161 g/mol. The van der Waals surface area contributed by atoms with Crippen molar-refractivity contribution in [2.45, 2.75) is 38.8 Å². The van der Waals surface area contributed by atoms with Gasteiger partial charge in [-0.1, -0.05) is 0 Å². The molecule has 0 saturated heterocycles. The van der Waals surface area contributed by atoms with E-state index in [0.29, 0.717) is 0 Å². The van der Waals surface area contributed by atoms with Crippen molar-refractivity contribution in [3.63, 3.8) is 0 Å². The van der Waals surface area contributed by atoms with Crippen LogP contribution in [0.2, 0.25) is 0 Å². The van der Waals surface area contributed by atoms with Crippen molar-refractivity contribution in [2.24, 2.45) is 0 Å². The van der Waals surface area contributed by atoms with Gasteiger partial charge in [-0.3, -0.25) is 0 Å². The van der Waals surface area contributed by atoms with E-state index in [9.17, 15) is 13.2 Å². The quantitative estimate of drug-likeness (QED) is 0.642. The standard InChI is InChI=1S/C6H11F3O2/c1-4(6(7,8)9)11-5(2,3)10/h4,10H,1-3H3. The van der Waals surface area contributed by atoms with E-state index in [2.05, 4.69) is 4.74 Å². The molecule has 0 heterocycles. The summed E-state index contributed by atoms with van der Waals surface area (Å²) in [7, 11) is 0. The van der Waals surface area contributed by atoms with Crippen LogP contribution in [0.1, 0.15) is 20.8 Å². The molecule has 0 bridgehead atoms. The highest BCUT2D eigenvalue weighted by atomic mass is 19.4. The summed E-state index contributed by atoms with van der Waals surface area (Å²) >= 11 is 0. The van der Waals surface area contributed by atoms with Crippen molar-refractivity contribution in [1.82, 2.24) is 0 Å². The Hall–Kier alpha value is -0.290. The Balaban J connectivity index is 3.99. The zero-order valence-electron chi connectivity index (χ0n) is 6.57. The molecular formula is C6H11F3O2. The van der Waals surface area contributed by atoms with Crippen LogP contribution in [-0.2, 0) is 4.74 Å². The summed E-state index contributed by atoms with van der Waals surface area (Å²) in [6, 6.07) is 0. The average molecular weight is 172 g/mol. The normalized spacial score (nSPS) is 16.6. The van der Waals surface area contributed by atoms with Crippen LogP contribution in [0.15, 0.2) is 0 Å². The second kappa shape index (κ2) is 2.98. The third kappa shape index (κ3) is 5.03. The Morgan fingerprint density at radius 2 is 1.64 bits per heavy atom. The van der Waals surface area contributed by atoms with Gasteiger partial charge in [0.15, 0.2) is 11.9 Å². The lowest BCUT2D eigenvalue weighted by molar-refractivity contribution is -0.287. The van der Waals surface area contributed by atoms with Crippen LogP contribution in [0.3, 0.4) is 0 Å². The zero-order chi connectivity index (χ0) is 9.28. The minimum absolute atomic E-state index is 0.845. The van der Waals surface area contributed by atoms with Crippen molar-refractivity contribution in [2.75, 3.05) is 0 Å². The second-order valence-electron chi connectivity index (χ2n) is 2.75. The van der Waals surface area contributed by atoms with Crippen molar-refractivity contribution in [1.29, 1.82) is 0 Å². The molecule has 0 saturated carbocycles. The fraction of sp³-hybridized carbons (Fsp3) is 1.00. The van der Waals surface area contributed by atoms with Gasteiger partial charge in [0.1, 0.15) is 0 Å². The fourth-order valence-corrected chi connectivity index (χ4v) is 0.499. The highest BCUT2D eigenvalue weighted by molar-refractivity contribution is 4.64. The summed E-state index contributed by atoms with van der Waals surface area (Å²) in [6.07, 6.45) is -6.36. The van der Waals surface area contributed by atoms with E-state index in [-0.39, 0.29) is 0 Å². The number of hydrogen-bond donors (Lipinski definition) is 1. The molecule has 68 valence electrons. The maximum absolute atomic E-state index is 11.7. The van der Waals surface area contributed by atoms with Gasteiger partial charge in [0.25, 0.3) is 0 Å². The molecule has 0 rings (SSSR count). The van der Waals surface area contributed by atoms with E-state index in [0.717, 1.165) is 20.8 Å². The maximum atomic E-state index is 11.7. The van der Waals surface area contributed by atoms with Gasteiger partial charge in [-0.05, 0) is 20.8 Å². The molecule has 1 N–H and O–H groups in total. The highest BCUT2D eigenvalue weighted by Crippen LogP contribution is 2.25. The third-order valence-corrected chi connectivity index (χ3v) is 0.926. The minimum atomic E-state index is -4.42. The lowest BCUT2D eigenvalue weighted by atomic mass is 10.3. The van der Waals surface area contributed by atoms with Gasteiger partial charge < -0.3 is 9.84 Å². The first-order valence-corrected chi connectivity index (χ1v) is 3.10. The van der Waals surface area contributed by atoms with Crippen LogP contribution >= 0.6 is 0 Å². The summed E-state index contributed by atoms with van der Waals surface area (Å²) in [5.41, 5.74) is 0. The van der Waals surface area contributed by atoms with Gasteiger partial charge in [0.05, 0.1) is 0 Å². The molecule has 0 radical (unpaired) electrons. The van der Waals surface area contributed by atoms with Crippen LogP contribution in [0, 0.1) is 0 Å². The summed E-state index contributed by atoms with van der Waals surface area (Å²) in [5, 5.41) is 8.83. The van der Waals surface area contributed by atoms with E-state index < -0.39 is 18.1 Å². The van der Waals surface area contributed by atoms with Crippen molar-refractivity contribution in [3.05, 3.63) is 0 Å². The number of halogens is 3. The topological polar surface area (TPSA) is 29.5 Å².